The van der Waals surface area contributed by atoms with Gasteiger partial charge >= 0.3 is 6.18 Å². The van der Waals surface area contributed by atoms with Gasteiger partial charge in [0.2, 0.25) is 0 Å². The molecule has 0 saturated carbocycles. The fourth-order valence-corrected chi connectivity index (χ4v) is 2.26. The molecule has 0 spiro atoms. The van der Waals surface area contributed by atoms with Gasteiger partial charge in [-0.25, -0.2) is 0 Å². The molecule has 17 heavy (non-hydrogen) atoms. The number of methoxy groups -OCH3 is 1. The summed E-state index contributed by atoms with van der Waals surface area (Å²) in [4.78, 5) is 1.17. The van der Waals surface area contributed by atoms with E-state index in [0.29, 0.717) is 5.00 Å². The maximum Gasteiger partial charge on any atom is 0.405 e. The van der Waals surface area contributed by atoms with Crippen molar-refractivity contribution >= 4 is 22.4 Å². The number of hydrogen-bond donors (Lipinski definition) is 1. The Morgan fingerprint density at radius 3 is 2.47 bits per heavy atom. The van der Waals surface area contributed by atoms with E-state index >= 15 is 0 Å². The number of hydrogen-bond acceptors (Lipinski definition) is 5. The zero-order chi connectivity index (χ0) is 13.2. The highest BCUT2D eigenvalue weighted by atomic mass is 32.1. The fraction of sp³-hybridized carbons (Fsp3) is 0.667. The van der Waals surface area contributed by atoms with Crippen LogP contribution in [0.15, 0.2) is 0 Å². The van der Waals surface area contributed by atoms with Crippen LogP contribution < -0.4 is 15.4 Å². The molecule has 4 nitrogen and oxygen atoms in total. The summed E-state index contributed by atoms with van der Waals surface area (Å²) in [6.45, 7) is 2.28. The van der Waals surface area contributed by atoms with Crippen molar-refractivity contribution in [2.24, 2.45) is 0 Å². The summed E-state index contributed by atoms with van der Waals surface area (Å²) in [6, 6.07) is -0.328. The van der Waals surface area contributed by atoms with Crippen LogP contribution in [0.25, 0.3) is 0 Å². The van der Waals surface area contributed by atoms with Crippen LogP contribution in [0, 0.1) is 0 Å². The lowest BCUT2D eigenvalue weighted by Crippen LogP contribution is -2.38. The van der Waals surface area contributed by atoms with Gasteiger partial charge in [-0.2, -0.15) is 17.5 Å². The highest BCUT2D eigenvalue weighted by Crippen LogP contribution is 2.39. The van der Waals surface area contributed by atoms with Gasteiger partial charge in [0.15, 0.2) is 16.6 Å². The molecule has 2 N–H and O–H groups in total. The molecule has 0 aliphatic rings. The lowest BCUT2D eigenvalue weighted by atomic mass is 10.3. The number of rotatable bonds is 4. The third-order valence-electron chi connectivity index (χ3n) is 2.10. The Bertz CT molecular complexity index is 378. The first-order chi connectivity index (χ1) is 7.76. The van der Waals surface area contributed by atoms with E-state index in [2.05, 4.69) is 4.37 Å². The first-order valence-corrected chi connectivity index (χ1v) is 5.66. The van der Waals surface area contributed by atoms with Crippen molar-refractivity contribution < 1.29 is 17.9 Å². The smallest absolute Gasteiger partial charge is 0.405 e. The van der Waals surface area contributed by atoms with E-state index in [1.807, 2.05) is 0 Å². The van der Waals surface area contributed by atoms with Gasteiger partial charge in [0.1, 0.15) is 6.54 Å². The zero-order valence-electron chi connectivity index (χ0n) is 9.71. The molecule has 1 heterocycles. The molecule has 0 amide bonds. The lowest BCUT2D eigenvalue weighted by Gasteiger charge is -2.28. The van der Waals surface area contributed by atoms with E-state index in [-0.39, 0.29) is 17.6 Å². The van der Waals surface area contributed by atoms with Crippen LogP contribution >= 0.6 is 11.5 Å². The summed E-state index contributed by atoms with van der Waals surface area (Å²) >= 11 is 0.904. The molecule has 0 fully saturated rings. The van der Waals surface area contributed by atoms with Crippen LogP contribution in [0.4, 0.5) is 24.0 Å². The van der Waals surface area contributed by atoms with Crippen molar-refractivity contribution in [3.05, 3.63) is 0 Å². The minimum absolute atomic E-state index is 0.111. The average Bonchev–Trinajstić information content (AvgIpc) is 2.54. The van der Waals surface area contributed by atoms with Crippen LogP contribution in [0.2, 0.25) is 0 Å². The van der Waals surface area contributed by atoms with Gasteiger partial charge in [-0.1, -0.05) is 0 Å². The molecule has 1 aromatic rings. The third-order valence-corrected chi connectivity index (χ3v) is 2.98. The summed E-state index contributed by atoms with van der Waals surface area (Å²) in [5, 5.41) is 0.303. The summed E-state index contributed by atoms with van der Waals surface area (Å²) < 4.78 is 46.2. The number of anilines is 2. The maximum atomic E-state index is 12.5. The van der Waals surface area contributed by atoms with Crippen molar-refractivity contribution in [2.75, 3.05) is 24.3 Å². The van der Waals surface area contributed by atoms with Crippen molar-refractivity contribution in [1.82, 2.24) is 4.37 Å². The second-order valence-corrected chi connectivity index (χ2v) is 4.49. The number of alkyl halides is 3. The minimum Gasteiger partial charge on any atom is -0.490 e. The quantitative estimate of drug-likeness (QED) is 0.912. The molecule has 8 heteroatoms. The Kier molecular flexibility index (Phi) is 4.07. The van der Waals surface area contributed by atoms with Crippen LogP contribution in [0.1, 0.15) is 13.8 Å². The minimum atomic E-state index is -4.28. The van der Waals surface area contributed by atoms with Crippen molar-refractivity contribution in [3.8, 4) is 5.75 Å². The third kappa shape index (κ3) is 3.39. The van der Waals surface area contributed by atoms with E-state index in [1.54, 1.807) is 13.8 Å². The molecule has 98 valence electrons. The number of nitrogens with zero attached hydrogens (tertiary/aromatic N) is 2. The summed E-state index contributed by atoms with van der Waals surface area (Å²) in [6.07, 6.45) is -4.28. The van der Waals surface area contributed by atoms with Gasteiger partial charge in [-0.3, -0.25) is 0 Å². The molecule has 0 aliphatic carbocycles. The molecule has 0 radical (unpaired) electrons. The number of ether oxygens (including phenoxy) is 1. The number of aromatic nitrogens is 1. The molecule has 0 bridgehead atoms. The van der Waals surface area contributed by atoms with Gasteiger partial charge in [0.05, 0.1) is 7.11 Å². The average molecular weight is 269 g/mol. The first kappa shape index (κ1) is 13.9. The molecule has 0 atom stereocenters. The van der Waals surface area contributed by atoms with E-state index in [4.69, 9.17) is 10.5 Å². The molecule has 0 aliphatic heterocycles. The highest BCUT2D eigenvalue weighted by molar-refractivity contribution is 7.11. The molecule has 0 unspecified atom stereocenters. The summed E-state index contributed by atoms with van der Waals surface area (Å²) in [5.41, 5.74) is 5.52. The molecule has 0 aromatic carbocycles. The van der Waals surface area contributed by atoms with Crippen LogP contribution in [0.5, 0.6) is 5.75 Å². The van der Waals surface area contributed by atoms with Gasteiger partial charge in [0.25, 0.3) is 0 Å². The van der Waals surface area contributed by atoms with Crippen molar-refractivity contribution in [3.63, 3.8) is 0 Å². The number of nitrogens with two attached hydrogens (primary N) is 1. The Morgan fingerprint density at radius 1 is 1.47 bits per heavy atom. The monoisotopic (exact) mass is 269 g/mol. The molecule has 1 aromatic heterocycles. The van der Waals surface area contributed by atoms with Crippen molar-refractivity contribution in [2.45, 2.75) is 26.1 Å². The Morgan fingerprint density at radius 2 is 2.06 bits per heavy atom. The Balaban J connectivity index is 3.06. The van der Waals surface area contributed by atoms with Crippen LogP contribution in [0.3, 0.4) is 0 Å². The highest BCUT2D eigenvalue weighted by Gasteiger charge is 2.34. The lowest BCUT2D eigenvalue weighted by molar-refractivity contribution is -0.120. The molecular weight excluding hydrogens is 255 g/mol. The van der Waals surface area contributed by atoms with Gasteiger partial charge < -0.3 is 15.4 Å². The standard InChI is InChI=1S/C9H14F3N3OS/c1-5(2)15(4-9(10,11)12)8-6(16-3)7(13)14-17-8/h5H,4H2,1-3H3,(H2,13,14). The van der Waals surface area contributed by atoms with Gasteiger partial charge in [-0.15, -0.1) is 0 Å². The van der Waals surface area contributed by atoms with E-state index in [9.17, 15) is 13.2 Å². The molecular formula is C9H14F3N3OS. The Labute approximate surface area is 101 Å². The molecule has 0 saturated heterocycles. The van der Waals surface area contributed by atoms with Crippen LogP contribution in [-0.4, -0.2) is 30.2 Å². The zero-order valence-corrected chi connectivity index (χ0v) is 10.5. The predicted octanol–water partition coefficient (Wildman–Crippen LogP) is 2.51. The van der Waals surface area contributed by atoms with Crippen molar-refractivity contribution in [1.29, 1.82) is 0 Å². The largest absolute Gasteiger partial charge is 0.490 e. The van der Waals surface area contributed by atoms with E-state index < -0.39 is 12.7 Å². The van der Waals surface area contributed by atoms with Gasteiger partial charge in [-0.05, 0) is 25.4 Å². The first-order valence-electron chi connectivity index (χ1n) is 4.88. The second kappa shape index (κ2) is 4.99. The Hall–Kier alpha value is -1.18. The number of halogens is 3. The SMILES string of the molecule is COc1c(N)nsc1N(CC(F)(F)F)C(C)C. The fourth-order valence-electron chi connectivity index (χ4n) is 1.34. The maximum absolute atomic E-state index is 12.5. The van der Waals surface area contributed by atoms with E-state index in [0.717, 1.165) is 11.5 Å². The summed E-state index contributed by atoms with van der Waals surface area (Å²) in [7, 11) is 1.36. The predicted molar refractivity (Wildman–Crippen MR) is 61.6 cm³/mol. The molecule has 1 rings (SSSR count). The van der Waals surface area contributed by atoms with E-state index in [1.165, 1.54) is 12.0 Å². The van der Waals surface area contributed by atoms with Crippen LogP contribution in [-0.2, 0) is 0 Å². The second-order valence-electron chi connectivity index (χ2n) is 3.74. The number of nitrogen functional groups attached to an aromatic ring is 1. The summed E-state index contributed by atoms with van der Waals surface area (Å²) in [5.74, 6) is 0.313. The normalized spacial score (nSPS) is 11.9. The topological polar surface area (TPSA) is 51.4 Å². The van der Waals surface area contributed by atoms with Gasteiger partial charge in [0, 0.05) is 6.04 Å².